The molecule has 0 saturated heterocycles. The molecular formula is C34H34ClF3N2O3S. The number of carbonyl (C=O) groups excluding carboxylic acids is 1. The van der Waals surface area contributed by atoms with Crippen molar-refractivity contribution in [2.24, 2.45) is 0 Å². The van der Waals surface area contributed by atoms with Crippen LogP contribution in [0.1, 0.15) is 40.2 Å². The van der Waals surface area contributed by atoms with Crippen LogP contribution in [0, 0.1) is 0 Å². The number of halogens is 4. The second-order valence-corrected chi connectivity index (χ2v) is 11.9. The highest BCUT2D eigenvalue weighted by atomic mass is 35.5. The predicted octanol–water partition coefficient (Wildman–Crippen LogP) is 7.41. The molecule has 0 aliphatic rings. The summed E-state index contributed by atoms with van der Waals surface area (Å²) in [5, 5.41) is -0.287. The summed E-state index contributed by atoms with van der Waals surface area (Å²) < 4.78 is 60.5. The standard InChI is InChI=1S/C34H34ClF3N2O3S/c1-44(42)39-32(41)22-25-11-8-17-29(21-25)43-20-10-19-40(23-28-16-9-18-31(33(28)35)34(36,37)38)24-30(26-12-4-2-5-13-26)27-14-6-3-7-15-27/h2-9,11-18,21,30H,10,19-20,22-24H2,1H3,(H,39,41). The van der Waals surface area contributed by atoms with E-state index >= 15 is 0 Å². The van der Waals surface area contributed by atoms with Gasteiger partial charge in [-0.3, -0.25) is 9.69 Å². The zero-order chi connectivity index (χ0) is 31.5. The topological polar surface area (TPSA) is 64.6 Å². The Balaban J connectivity index is 1.50. The summed E-state index contributed by atoms with van der Waals surface area (Å²) in [6, 6.07) is 31.2. The molecule has 4 aromatic carbocycles. The molecule has 0 radical (unpaired) electrons. The highest BCUT2D eigenvalue weighted by Gasteiger charge is 2.34. The maximum Gasteiger partial charge on any atom is 0.417 e. The van der Waals surface area contributed by atoms with E-state index in [0.717, 1.165) is 22.8 Å². The maximum atomic E-state index is 13.6. The molecule has 1 atom stereocenters. The van der Waals surface area contributed by atoms with Gasteiger partial charge in [-0.05, 0) is 46.9 Å². The van der Waals surface area contributed by atoms with E-state index in [0.29, 0.717) is 37.4 Å². The lowest BCUT2D eigenvalue weighted by atomic mass is 9.90. The van der Waals surface area contributed by atoms with Crippen LogP contribution in [0.25, 0.3) is 0 Å². The molecule has 0 aliphatic heterocycles. The summed E-state index contributed by atoms with van der Waals surface area (Å²) in [6.07, 6.45) is -2.50. The molecule has 1 unspecified atom stereocenters. The molecule has 0 bridgehead atoms. The molecule has 232 valence electrons. The van der Waals surface area contributed by atoms with Crippen molar-refractivity contribution in [3.63, 3.8) is 0 Å². The van der Waals surface area contributed by atoms with E-state index in [1.807, 2.05) is 36.4 Å². The van der Waals surface area contributed by atoms with Gasteiger partial charge in [0, 0.05) is 25.6 Å². The number of nitrogens with one attached hydrogen (secondary N) is 1. The van der Waals surface area contributed by atoms with Gasteiger partial charge in [0.15, 0.2) is 0 Å². The molecule has 44 heavy (non-hydrogen) atoms. The molecule has 0 fully saturated rings. The van der Waals surface area contributed by atoms with Crippen LogP contribution >= 0.6 is 11.6 Å². The molecule has 1 amide bonds. The molecule has 4 rings (SSSR count). The third kappa shape index (κ3) is 10.0. The van der Waals surface area contributed by atoms with Gasteiger partial charge in [0.25, 0.3) is 5.91 Å². The molecule has 0 aromatic heterocycles. The van der Waals surface area contributed by atoms with Crippen molar-refractivity contribution in [2.45, 2.75) is 31.5 Å². The number of rotatable bonds is 14. The van der Waals surface area contributed by atoms with Crippen molar-refractivity contribution in [1.82, 2.24) is 9.62 Å². The zero-order valence-electron chi connectivity index (χ0n) is 24.2. The first-order valence-corrected chi connectivity index (χ1v) is 16.0. The summed E-state index contributed by atoms with van der Waals surface area (Å²) in [6.45, 7) is 1.66. The van der Waals surface area contributed by atoms with Gasteiger partial charge in [0.2, 0.25) is 0 Å². The summed E-state index contributed by atoms with van der Waals surface area (Å²) >= 11 is 4.87. The molecule has 0 saturated carbocycles. The molecule has 10 heteroatoms. The Kier molecular flexibility index (Phi) is 12.1. The first-order chi connectivity index (χ1) is 21.1. The normalized spacial score (nSPS) is 12.4. The first kappa shape index (κ1) is 33.4. The lowest BCUT2D eigenvalue weighted by Crippen LogP contribution is -2.31. The monoisotopic (exact) mass is 642 g/mol. The Morgan fingerprint density at radius 1 is 0.955 bits per heavy atom. The molecule has 5 nitrogen and oxygen atoms in total. The minimum atomic E-state index is -4.55. The summed E-state index contributed by atoms with van der Waals surface area (Å²) in [5.74, 6) is 0.216. The van der Waals surface area contributed by atoms with Gasteiger partial charge < -0.3 is 9.29 Å². The van der Waals surface area contributed by atoms with Crippen LogP contribution in [0.3, 0.4) is 0 Å². The van der Waals surface area contributed by atoms with Crippen molar-refractivity contribution in [1.29, 1.82) is 0 Å². The highest BCUT2D eigenvalue weighted by Crippen LogP contribution is 2.37. The molecule has 4 aromatic rings. The maximum absolute atomic E-state index is 13.6. The van der Waals surface area contributed by atoms with Crippen molar-refractivity contribution in [2.75, 3.05) is 26.0 Å². The van der Waals surface area contributed by atoms with E-state index in [1.54, 1.807) is 30.3 Å². The quantitative estimate of drug-likeness (QED) is 0.115. The van der Waals surface area contributed by atoms with Gasteiger partial charge in [0.05, 0.1) is 35.0 Å². The van der Waals surface area contributed by atoms with E-state index in [2.05, 4.69) is 33.9 Å². The Hall–Kier alpha value is -3.50. The SMILES string of the molecule is C[S+]([O-])NC(=O)Cc1cccc(OCCCN(Cc2cccc(C(F)(F)F)c2Cl)CC(c2ccccc2)c2ccccc2)c1. The Labute approximate surface area is 264 Å². The van der Waals surface area contributed by atoms with Gasteiger partial charge in [0.1, 0.15) is 12.0 Å². The Morgan fingerprint density at radius 2 is 1.59 bits per heavy atom. The van der Waals surface area contributed by atoms with Gasteiger partial charge in [-0.2, -0.15) is 17.9 Å². The second-order valence-electron chi connectivity index (χ2n) is 10.4. The average molecular weight is 643 g/mol. The largest absolute Gasteiger partial charge is 0.593 e. The van der Waals surface area contributed by atoms with Crippen LogP contribution in [-0.4, -0.2) is 41.3 Å². The number of ether oxygens (including phenoxy) is 1. The van der Waals surface area contributed by atoms with Crippen molar-refractivity contribution in [3.8, 4) is 5.75 Å². The lowest BCUT2D eigenvalue weighted by molar-refractivity contribution is -0.137. The number of nitrogens with zero attached hydrogens (tertiary/aromatic N) is 1. The van der Waals surface area contributed by atoms with Gasteiger partial charge in [-0.25, -0.2) is 0 Å². The number of amides is 1. The van der Waals surface area contributed by atoms with Crippen LogP contribution in [0.5, 0.6) is 5.75 Å². The van der Waals surface area contributed by atoms with Crippen LogP contribution < -0.4 is 9.46 Å². The van der Waals surface area contributed by atoms with Crippen LogP contribution in [-0.2, 0) is 35.3 Å². The summed E-state index contributed by atoms with van der Waals surface area (Å²) in [7, 11) is 0. The van der Waals surface area contributed by atoms with Gasteiger partial charge >= 0.3 is 6.18 Å². The van der Waals surface area contributed by atoms with Crippen molar-refractivity contribution < 1.29 is 27.3 Å². The third-order valence-electron chi connectivity index (χ3n) is 7.03. The number of hydrogen-bond donors (Lipinski definition) is 1. The molecule has 0 aliphatic carbocycles. The smallest absolute Gasteiger partial charge is 0.417 e. The van der Waals surface area contributed by atoms with E-state index in [-0.39, 0.29) is 29.8 Å². The van der Waals surface area contributed by atoms with Crippen LogP contribution in [0.4, 0.5) is 13.2 Å². The first-order valence-electron chi connectivity index (χ1n) is 14.1. The molecule has 0 spiro atoms. The second kappa shape index (κ2) is 16.0. The summed E-state index contributed by atoms with van der Waals surface area (Å²) in [5.41, 5.74) is 2.48. The minimum absolute atomic E-state index is 0.0248. The van der Waals surface area contributed by atoms with E-state index in [4.69, 9.17) is 16.3 Å². The number of benzene rings is 4. The Morgan fingerprint density at radius 3 is 2.20 bits per heavy atom. The predicted molar refractivity (Wildman–Crippen MR) is 169 cm³/mol. The summed E-state index contributed by atoms with van der Waals surface area (Å²) in [4.78, 5) is 14.1. The van der Waals surface area contributed by atoms with Crippen molar-refractivity contribution >= 4 is 28.9 Å². The van der Waals surface area contributed by atoms with Gasteiger partial charge in [-0.15, -0.1) is 0 Å². The number of alkyl halides is 3. The van der Waals surface area contributed by atoms with Crippen LogP contribution in [0.2, 0.25) is 5.02 Å². The van der Waals surface area contributed by atoms with Crippen molar-refractivity contribution in [3.05, 3.63) is 136 Å². The highest BCUT2D eigenvalue weighted by molar-refractivity contribution is 7.89. The zero-order valence-corrected chi connectivity index (χ0v) is 25.8. The van der Waals surface area contributed by atoms with E-state index in [9.17, 15) is 22.5 Å². The van der Waals surface area contributed by atoms with Gasteiger partial charge in [-0.1, -0.05) is 96.5 Å². The minimum Gasteiger partial charge on any atom is -0.593 e. The fourth-order valence-corrected chi connectivity index (χ4v) is 5.72. The number of carbonyl (C=O) groups is 1. The average Bonchev–Trinajstić information content (AvgIpc) is 2.99. The van der Waals surface area contributed by atoms with Crippen LogP contribution in [0.15, 0.2) is 103 Å². The van der Waals surface area contributed by atoms with E-state index < -0.39 is 23.1 Å². The lowest BCUT2D eigenvalue weighted by Gasteiger charge is -2.29. The third-order valence-corrected chi connectivity index (χ3v) is 7.99. The number of hydrogen-bond acceptors (Lipinski definition) is 4. The fraction of sp³-hybridized carbons (Fsp3) is 0.265. The molecule has 1 N–H and O–H groups in total. The fourth-order valence-electron chi connectivity index (χ4n) is 5.03. The molecular weight excluding hydrogens is 609 g/mol. The Bertz CT molecular complexity index is 1450. The van der Waals surface area contributed by atoms with E-state index in [1.165, 1.54) is 12.3 Å². The molecule has 0 heterocycles.